The van der Waals surface area contributed by atoms with Gasteiger partial charge >= 0.3 is 5.97 Å². The standard InChI is InChI=1S/C12H17N3O2/c1-8-10(14-7-6-13-8)15-9-4-3-5-12(9,2)11(16)17/h6-7,9H,3-5H2,1-2H3,(H,14,15)(H,16,17). The summed E-state index contributed by atoms with van der Waals surface area (Å²) >= 11 is 0. The third-order valence-electron chi connectivity index (χ3n) is 3.64. The fourth-order valence-corrected chi connectivity index (χ4v) is 2.37. The van der Waals surface area contributed by atoms with E-state index in [1.165, 1.54) is 0 Å². The zero-order valence-electron chi connectivity index (χ0n) is 10.1. The Morgan fingerprint density at radius 2 is 2.24 bits per heavy atom. The molecule has 2 atom stereocenters. The first-order valence-electron chi connectivity index (χ1n) is 5.81. The van der Waals surface area contributed by atoms with Gasteiger partial charge in [-0.05, 0) is 26.7 Å². The molecule has 1 aromatic heterocycles. The minimum Gasteiger partial charge on any atom is -0.481 e. The van der Waals surface area contributed by atoms with Gasteiger partial charge in [-0.1, -0.05) is 6.42 Å². The molecule has 0 saturated heterocycles. The van der Waals surface area contributed by atoms with Gasteiger partial charge in [-0.15, -0.1) is 0 Å². The zero-order valence-corrected chi connectivity index (χ0v) is 10.1. The highest BCUT2D eigenvalue weighted by atomic mass is 16.4. The maximum absolute atomic E-state index is 11.3. The van der Waals surface area contributed by atoms with Crippen LogP contribution in [0.4, 0.5) is 5.82 Å². The Bertz CT molecular complexity index is 436. The van der Waals surface area contributed by atoms with Crippen LogP contribution < -0.4 is 5.32 Å². The lowest BCUT2D eigenvalue weighted by Gasteiger charge is -2.28. The molecular weight excluding hydrogens is 218 g/mol. The van der Waals surface area contributed by atoms with Gasteiger partial charge in [-0.2, -0.15) is 0 Å². The normalized spacial score (nSPS) is 28.0. The lowest BCUT2D eigenvalue weighted by Crippen LogP contribution is -2.40. The van der Waals surface area contributed by atoms with Crippen molar-refractivity contribution in [2.75, 3.05) is 5.32 Å². The summed E-state index contributed by atoms with van der Waals surface area (Å²) in [4.78, 5) is 19.7. The van der Waals surface area contributed by atoms with Crippen molar-refractivity contribution in [3.63, 3.8) is 0 Å². The number of anilines is 1. The molecule has 17 heavy (non-hydrogen) atoms. The largest absolute Gasteiger partial charge is 0.481 e. The second-order valence-corrected chi connectivity index (χ2v) is 4.80. The van der Waals surface area contributed by atoms with Crippen LogP contribution in [0.1, 0.15) is 31.9 Å². The molecule has 1 aliphatic rings. The molecule has 92 valence electrons. The van der Waals surface area contributed by atoms with Crippen LogP contribution in [-0.4, -0.2) is 27.1 Å². The summed E-state index contributed by atoms with van der Waals surface area (Å²) in [6.07, 6.45) is 5.74. The zero-order chi connectivity index (χ0) is 12.5. The third kappa shape index (κ3) is 2.09. The molecule has 1 fully saturated rings. The van der Waals surface area contributed by atoms with E-state index in [4.69, 9.17) is 0 Å². The number of rotatable bonds is 3. The van der Waals surface area contributed by atoms with Crippen LogP contribution in [0.3, 0.4) is 0 Å². The van der Waals surface area contributed by atoms with Crippen molar-refractivity contribution < 1.29 is 9.90 Å². The van der Waals surface area contributed by atoms with E-state index in [9.17, 15) is 9.90 Å². The smallest absolute Gasteiger partial charge is 0.311 e. The number of carboxylic acid groups (broad SMARTS) is 1. The number of aliphatic carboxylic acids is 1. The van der Waals surface area contributed by atoms with Crippen LogP contribution in [-0.2, 0) is 4.79 Å². The van der Waals surface area contributed by atoms with Gasteiger partial charge in [0.05, 0.1) is 11.1 Å². The monoisotopic (exact) mass is 235 g/mol. The van der Waals surface area contributed by atoms with Crippen molar-refractivity contribution >= 4 is 11.8 Å². The van der Waals surface area contributed by atoms with E-state index in [1.807, 2.05) is 6.92 Å². The number of nitrogens with one attached hydrogen (secondary N) is 1. The second-order valence-electron chi connectivity index (χ2n) is 4.80. The summed E-state index contributed by atoms with van der Waals surface area (Å²) in [7, 11) is 0. The summed E-state index contributed by atoms with van der Waals surface area (Å²) in [6.45, 7) is 3.66. The second kappa shape index (κ2) is 4.31. The van der Waals surface area contributed by atoms with Crippen molar-refractivity contribution in [1.29, 1.82) is 0 Å². The SMILES string of the molecule is Cc1nccnc1NC1CCCC1(C)C(=O)O. The predicted octanol–water partition coefficient (Wildman–Crippen LogP) is 1.84. The van der Waals surface area contributed by atoms with Crippen LogP contribution in [0, 0.1) is 12.3 Å². The number of nitrogens with zero attached hydrogens (tertiary/aromatic N) is 2. The van der Waals surface area contributed by atoms with Gasteiger partial charge in [0.1, 0.15) is 5.82 Å². The van der Waals surface area contributed by atoms with Crippen molar-refractivity contribution in [2.45, 2.75) is 39.2 Å². The predicted molar refractivity (Wildman–Crippen MR) is 63.8 cm³/mol. The summed E-state index contributed by atoms with van der Waals surface area (Å²) in [5.74, 6) is -0.0547. The van der Waals surface area contributed by atoms with E-state index >= 15 is 0 Å². The molecule has 0 spiro atoms. The molecule has 2 N–H and O–H groups in total. The van der Waals surface area contributed by atoms with Crippen LogP contribution in [0.25, 0.3) is 0 Å². The number of hydrogen-bond donors (Lipinski definition) is 2. The molecule has 1 aromatic rings. The fourth-order valence-electron chi connectivity index (χ4n) is 2.37. The van der Waals surface area contributed by atoms with Crippen LogP contribution in [0.15, 0.2) is 12.4 Å². The molecule has 0 amide bonds. The Morgan fingerprint density at radius 3 is 2.88 bits per heavy atom. The average molecular weight is 235 g/mol. The Labute approximate surface area is 100 Å². The molecule has 5 heteroatoms. The van der Waals surface area contributed by atoms with Crippen molar-refractivity contribution in [3.05, 3.63) is 18.1 Å². The molecule has 1 aliphatic carbocycles. The van der Waals surface area contributed by atoms with Crippen molar-refractivity contribution in [3.8, 4) is 0 Å². The maximum Gasteiger partial charge on any atom is 0.311 e. The lowest BCUT2D eigenvalue weighted by molar-refractivity contribution is -0.147. The van der Waals surface area contributed by atoms with E-state index in [2.05, 4.69) is 15.3 Å². The molecule has 0 radical (unpaired) electrons. The maximum atomic E-state index is 11.3. The minimum absolute atomic E-state index is 0.0737. The van der Waals surface area contributed by atoms with Gasteiger partial charge in [-0.3, -0.25) is 9.78 Å². The highest BCUT2D eigenvalue weighted by molar-refractivity contribution is 5.76. The number of carboxylic acids is 1. The molecule has 2 rings (SSSR count). The summed E-state index contributed by atoms with van der Waals surface area (Å²) in [5.41, 5.74) is 0.0939. The lowest BCUT2D eigenvalue weighted by atomic mass is 9.85. The van der Waals surface area contributed by atoms with Gasteiger partial charge in [0, 0.05) is 18.4 Å². The third-order valence-corrected chi connectivity index (χ3v) is 3.64. The highest BCUT2D eigenvalue weighted by Crippen LogP contribution is 2.39. The van der Waals surface area contributed by atoms with E-state index in [1.54, 1.807) is 19.3 Å². The van der Waals surface area contributed by atoms with E-state index in [0.29, 0.717) is 12.2 Å². The quantitative estimate of drug-likeness (QED) is 0.836. The Kier molecular flexibility index (Phi) is 3.00. The Balaban J connectivity index is 2.19. The molecule has 0 bridgehead atoms. The summed E-state index contributed by atoms with van der Waals surface area (Å²) < 4.78 is 0. The minimum atomic E-state index is -0.742. The van der Waals surface area contributed by atoms with Crippen molar-refractivity contribution in [1.82, 2.24) is 9.97 Å². The van der Waals surface area contributed by atoms with Gasteiger partial charge in [0.2, 0.25) is 0 Å². The molecule has 0 aromatic carbocycles. The number of aryl methyl sites for hydroxylation is 1. The topological polar surface area (TPSA) is 75.1 Å². The molecule has 5 nitrogen and oxygen atoms in total. The molecule has 2 unspecified atom stereocenters. The van der Waals surface area contributed by atoms with E-state index in [0.717, 1.165) is 18.5 Å². The van der Waals surface area contributed by atoms with Crippen LogP contribution in [0.2, 0.25) is 0 Å². The van der Waals surface area contributed by atoms with Crippen LogP contribution >= 0.6 is 0 Å². The van der Waals surface area contributed by atoms with Gasteiger partial charge in [0.25, 0.3) is 0 Å². The average Bonchev–Trinajstić information content (AvgIpc) is 2.65. The molecule has 1 heterocycles. The van der Waals surface area contributed by atoms with Gasteiger partial charge < -0.3 is 10.4 Å². The van der Waals surface area contributed by atoms with Crippen molar-refractivity contribution in [2.24, 2.45) is 5.41 Å². The first-order chi connectivity index (χ1) is 8.04. The fraction of sp³-hybridized carbons (Fsp3) is 0.583. The first kappa shape index (κ1) is 11.8. The molecule has 0 aliphatic heterocycles. The number of aromatic nitrogens is 2. The van der Waals surface area contributed by atoms with E-state index < -0.39 is 11.4 Å². The Morgan fingerprint density at radius 1 is 1.53 bits per heavy atom. The number of hydrogen-bond acceptors (Lipinski definition) is 4. The summed E-state index contributed by atoms with van der Waals surface area (Å²) in [6, 6.07) is -0.0737. The summed E-state index contributed by atoms with van der Waals surface area (Å²) in [5, 5.41) is 12.5. The Hall–Kier alpha value is -1.65. The van der Waals surface area contributed by atoms with E-state index in [-0.39, 0.29) is 6.04 Å². The first-order valence-corrected chi connectivity index (χ1v) is 5.81. The molecular formula is C12H17N3O2. The van der Waals surface area contributed by atoms with Gasteiger partial charge in [0.15, 0.2) is 0 Å². The highest BCUT2D eigenvalue weighted by Gasteiger charge is 2.45. The molecule has 1 saturated carbocycles. The van der Waals surface area contributed by atoms with Gasteiger partial charge in [-0.25, -0.2) is 4.98 Å². The van der Waals surface area contributed by atoms with Crippen LogP contribution in [0.5, 0.6) is 0 Å². The number of carbonyl (C=O) groups is 1.